The van der Waals surface area contributed by atoms with E-state index in [4.69, 9.17) is 4.42 Å². The summed E-state index contributed by atoms with van der Waals surface area (Å²) in [5.74, 6) is 0. The van der Waals surface area contributed by atoms with Crippen LogP contribution in [0.1, 0.15) is 5.56 Å². The lowest BCUT2D eigenvalue weighted by molar-refractivity contribution is 0.669. The van der Waals surface area contributed by atoms with Crippen molar-refractivity contribution in [3.05, 3.63) is 200 Å². The van der Waals surface area contributed by atoms with Gasteiger partial charge in [0.05, 0.1) is 16.8 Å². The highest BCUT2D eigenvalue weighted by molar-refractivity contribution is 6.15. The molecule has 53 heavy (non-hydrogen) atoms. The second-order valence-corrected chi connectivity index (χ2v) is 13.8. The molecular weight excluding hydrogens is 643 g/mol. The van der Waals surface area contributed by atoms with Gasteiger partial charge in [-0.3, -0.25) is 0 Å². The van der Waals surface area contributed by atoms with E-state index in [2.05, 4.69) is 200 Å². The fraction of sp³-hybridized carbons (Fsp3) is 0.0196. The molecule has 0 saturated carbocycles. The Bertz CT molecular complexity index is 2950. The fourth-order valence-corrected chi connectivity index (χ4v) is 8.02. The summed E-state index contributed by atoms with van der Waals surface area (Å²) in [6.07, 6.45) is 0. The van der Waals surface area contributed by atoms with Gasteiger partial charge in [0.25, 0.3) is 0 Å². The standard InChI is InChI=1S/C51H35NO/c1-34-24-25-39-33-40(27-26-38(39)32-34)50-44(43-18-9-15-37-14-5-6-16-42(37)43)19-10-20-46(50)52(41-30-28-36(29-31-41)35-12-3-2-4-13-35)47-21-11-23-49-51(47)45-17-7-8-22-48(45)53-49/h2-33H,1H3. The number of para-hydroxylation sites is 1. The Balaban J connectivity index is 1.30. The Morgan fingerprint density at radius 1 is 0.396 bits per heavy atom. The molecule has 0 aliphatic carbocycles. The van der Waals surface area contributed by atoms with Gasteiger partial charge in [-0.1, -0.05) is 157 Å². The number of furan rings is 1. The zero-order valence-electron chi connectivity index (χ0n) is 29.3. The van der Waals surface area contributed by atoms with Crippen LogP contribution < -0.4 is 4.90 Å². The third kappa shape index (κ3) is 5.35. The van der Waals surface area contributed by atoms with Crippen LogP contribution in [-0.4, -0.2) is 0 Å². The summed E-state index contributed by atoms with van der Waals surface area (Å²) < 4.78 is 6.48. The van der Waals surface area contributed by atoms with Crippen LogP contribution in [0.2, 0.25) is 0 Å². The Morgan fingerprint density at radius 2 is 1.02 bits per heavy atom. The van der Waals surface area contributed by atoms with E-state index < -0.39 is 0 Å². The minimum Gasteiger partial charge on any atom is -0.456 e. The summed E-state index contributed by atoms with van der Waals surface area (Å²) in [6.45, 7) is 2.16. The summed E-state index contributed by atoms with van der Waals surface area (Å²) in [6, 6.07) is 70.0. The van der Waals surface area contributed by atoms with E-state index in [1.807, 2.05) is 6.07 Å². The van der Waals surface area contributed by atoms with Gasteiger partial charge >= 0.3 is 0 Å². The van der Waals surface area contributed by atoms with Gasteiger partial charge < -0.3 is 9.32 Å². The van der Waals surface area contributed by atoms with E-state index in [0.717, 1.165) is 44.6 Å². The van der Waals surface area contributed by atoms with E-state index in [9.17, 15) is 0 Å². The van der Waals surface area contributed by atoms with Crippen molar-refractivity contribution in [3.8, 4) is 33.4 Å². The molecule has 0 bridgehead atoms. The molecule has 0 radical (unpaired) electrons. The first kappa shape index (κ1) is 30.9. The molecule has 0 spiro atoms. The molecule has 2 nitrogen and oxygen atoms in total. The largest absolute Gasteiger partial charge is 0.456 e. The van der Waals surface area contributed by atoms with Gasteiger partial charge in [0.15, 0.2) is 0 Å². The smallest absolute Gasteiger partial charge is 0.137 e. The van der Waals surface area contributed by atoms with E-state index in [1.165, 1.54) is 54.9 Å². The second-order valence-electron chi connectivity index (χ2n) is 13.8. The van der Waals surface area contributed by atoms with Crippen molar-refractivity contribution < 1.29 is 4.42 Å². The molecule has 0 fully saturated rings. The molecule has 0 N–H and O–H groups in total. The van der Waals surface area contributed by atoms with Gasteiger partial charge in [-0.05, 0) is 98.8 Å². The molecule has 1 aromatic heterocycles. The maximum absolute atomic E-state index is 6.48. The maximum atomic E-state index is 6.48. The van der Waals surface area contributed by atoms with Gasteiger partial charge in [0.1, 0.15) is 11.2 Å². The highest BCUT2D eigenvalue weighted by Gasteiger charge is 2.24. The van der Waals surface area contributed by atoms with Crippen molar-refractivity contribution in [1.29, 1.82) is 0 Å². The summed E-state index contributed by atoms with van der Waals surface area (Å²) in [5.41, 5.74) is 13.3. The topological polar surface area (TPSA) is 16.4 Å². The van der Waals surface area contributed by atoms with Gasteiger partial charge in [-0.15, -0.1) is 0 Å². The van der Waals surface area contributed by atoms with Crippen molar-refractivity contribution in [3.63, 3.8) is 0 Å². The summed E-state index contributed by atoms with van der Waals surface area (Å²) in [7, 11) is 0. The van der Waals surface area contributed by atoms with E-state index in [0.29, 0.717) is 0 Å². The maximum Gasteiger partial charge on any atom is 0.137 e. The number of nitrogens with zero attached hydrogens (tertiary/aromatic N) is 1. The average Bonchev–Trinajstić information content (AvgIpc) is 3.61. The number of benzene rings is 9. The van der Waals surface area contributed by atoms with Gasteiger partial charge in [0.2, 0.25) is 0 Å². The molecule has 250 valence electrons. The predicted octanol–water partition coefficient (Wildman–Crippen LogP) is 14.7. The van der Waals surface area contributed by atoms with Crippen molar-refractivity contribution >= 4 is 60.5 Å². The van der Waals surface area contributed by atoms with Gasteiger partial charge in [-0.2, -0.15) is 0 Å². The van der Waals surface area contributed by atoms with Crippen LogP contribution in [0.25, 0.3) is 76.9 Å². The molecular formula is C51H35NO. The highest BCUT2D eigenvalue weighted by Crippen LogP contribution is 2.49. The van der Waals surface area contributed by atoms with Crippen LogP contribution in [-0.2, 0) is 0 Å². The van der Waals surface area contributed by atoms with Gasteiger partial charge in [0, 0.05) is 16.6 Å². The Morgan fingerprint density at radius 3 is 1.91 bits per heavy atom. The molecule has 2 heteroatoms. The summed E-state index contributed by atoms with van der Waals surface area (Å²) in [4.78, 5) is 2.43. The molecule has 0 aliphatic heterocycles. The van der Waals surface area contributed by atoms with Crippen LogP contribution in [0, 0.1) is 6.92 Å². The average molecular weight is 678 g/mol. The van der Waals surface area contributed by atoms with Crippen LogP contribution in [0.3, 0.4) is 0 Å². The minimum atomic E-state index is 0.863. The number of hydrogen-bond donors (Lipinski definition) is 0. The highest BCUT2D eigenvalue weighted by atomic mass is 16.3. The first-order valence-corrected chi connectivity index (χ1v) is 18.2. The molecule has 0 unspecified atom stereocenters. The second kappa shape index (κ2) is 12.7. The number of aryl methyl sites for hydroxylation is 1. The monoisotopic (exact) mass is 677 g/mol. The van der Waals surface area contributed by atoms with Crippen LogP contribution >= 0.6 is 0 Å². The number of fused-ring (bicyclic) bond motifs is 5. The molecule has 9 aromatic carbocycles. The van der Waals surface area contributed by atoms with Crippen molar-refractivity contribution in [1.82, 2.24) is 0 Å². The zero-order valence-corrected chi connectivity index (χ0v) is 29.3. The summed E-state index contributed by atoms with van der Waals surface area (Å²) in [5, 5.41) is 7.09. The third-order valence-corrected chi connectivity index (χ3v) is 10.5. The van der Waals surface area contributed by atoms with Gasteiger partial charge in [-0.25, -0.2) is 0 Å². The SMILES string of the molecule is Cc1ccc2cc(-c3c(-c4cccc5ccccc45)cccc3N(c3ccc(-c4ccccc4)cc3)c3cccc4oc5ccccc5c34)ccc2c1. The zero-order chi connectivity index (χ0) is 35.3. The lowest BCUT2D eigenvalue weighted by Gasteiger charge is -2.30. The number of rotatable bonds is 6. The molecule has 1 heterocycles. The van der Waals surface area contributed by atoms with Crippen LogP contribution in [0.15, 0.2) is 199 Å². The molecule has 0 atom stereocenters. The van der Waals surface area contributed by atoms with Crippen molar-refractivity contribution in [2.75, 3.05) is 4.90 Å². The molecule has 0 amide bonds. The van der Waals surface area contributed by atoms with Crippen LogP contribution in [0.4, 0.5) is 17.1 Å². The number of anilines is 3. The molecule has 10 aromatic rings. The van der Waals surface area contributed by atoms with E-state index in [-0.39, 0.29) is 0 Å². The van der Waals surface area contributed by atoms with Crippen LogP contribution in [0.5, 0.6) is 0 Å². The normalized spacial score (nSPS) is 11.5. The van der Waals surface area contributed by atoms with Crippen molar-refractivity contribution in [2.24, 2.45) is 0 Å². The lowest BCUT2D eigenvalue weighted by atomic mass is 9.88. The van der Waals surface area contributed by atoms with E-state index in [1.54, 1.807) is 0 Å². The van der Waals surface area contributed by atoms with E-state index >= 15 is 0 Å². The Labute approximate surface area is 308 Å². The number of hydrogen-bond acceptors (Lipinski definition) is 2. The Kier molecular flexibility index (Phi) is 7.40. The Hall–Kier alpha value is -6.90. The predicted molar refractivity (Wildman–Crippen MR) is 224 cm³/mol. The summed E-state index contributed by atoms with van der Waals surface area (Å²) >= 11 is 0. The lowest BCUT2D eigenvalue weighted by Crippen LogP contribution is -2.12. The minimum absolute atomic E-state index is 0.863. The molecule has 0 aliphatic rings. The quantitative estimate of drug-likeness (QED) is 0.174. The first-order chi connectivity index (χ1) is 26.2. The first-order valence-electron chi connectivity index (χ1n) is 18.2. The molecule has 0 saturated heterocycles. The fourth-order valence-electron chi connectivity index (χ4n) is 8.02. The third-order valence-electron chi connectivity index (χ3n) is 10.5. The van der Waals surface area contributed by atoms with Crippen molar-refractivity contribution in [2.45, 2.75) is 6.92 Å². The molecule has 10 rings (SSSR count).